The van der Waals surface area contributed by atoms with Crippen LogP contribution in [0.5, 0.6) is 0 Å². The Balaban J connectivity index is 2.15. The van der Waals surface area contributed by atoms with Crippen LogP contribution in [0.3, 0.4) is 0 Å². The summed E-state index contributed by atoms with van der Waals surface area (Å²) in [7, 11) is 3.98. The summed E-state index contributed by atoms with van der Waals surface area (Å²) in [5.41, 5.74) is 0.393. The molecule has 1 aliphatic heterocycles. The molecule has 5 nitrogen and oxygen atoms in total. The number of carbonyl (C=O) groups is 2. The Labute approximate surface area is 152 Å². The molecule has 0 aromatic heterocycles. The van der Waals surface area contributed by atoms with Gasteiger partial charge in [-0.05, 0) is 45.0 Å². The number of rotatable bonds is 5. The van der Waals surface area contributed by atoms with Gasteiger partial charge in [0.2, 0.25) is 0 Å². The monoisotopic (exact) mass is 372 g/mol. The van der Waals surface area contributed by atoms with Crippen molar-refractivity contribution in [2.75, 3.05) is 27.2 Å². The van der Waals surface area contributed by atoms with Gasteiger partial charge in [0, 0.05) is 25.6 Å². The summed E-state index contributed by atoms with van der Waals surface area (Å²) >= 11 is 12.2. The van der Waals surface area contributed by atoms with Gasteiger partial charge in [-0.15, -0.1) is 0 Å². The van der Waals surface area contributed by atoms with Crippen LogP contribution in [0.4, 0.5) is 0 Å². The predicted octanol–water partition coefficient (Wildman–Crippen LogP) is 3.25. The van der Waals surface area contributed by atoms with Crippen molar-refractivity contribution in [3.63, 3.8) is 0 Å². The van der Waals surface area contributed by atoms with Crippen molar-refractivity contribution < 1.29 is 14.7 Å². The molecule has 2 unspecified atom stereocenters. The lowest BCUT2D eigenvalue weighted by Gasteiger charge is -2.41. The van der Waals surface area contributed by atoms with Crippen molar-refractivity contribution in [3.8, 4) is 0 Å². The van der Waals surface area contributed by atoms with Crippen LogP contribution in [0.1, 0.15) is 29.6 Å². The summed E-state index contributed by atoms with van der Waals surface area (Å²) in [6, 6.07) is 5.29. The van der Waals surface area contributed by atoms with E-state index in [0.29, 0.717) is 30.1 Å². The van der Waals surface area contributed by atoms with Crippen molar-refractivity contribution in [3.05, 3.63) is 33.8 Å². The average Bonchev–Trinajstić information content (AvgIpc) is 2.54. The van der Waals surface area contributed by atoms with E-state index in [0.717, 1.165) is 6.42 Å². The van der Waals surface area contributed by atoms with E-state index in [1.54, 1.807) is 23.1 Å². The van der Waals surface area contributed by atoms with Crippen LogP contribution < -0.4 is 0 Å². The highest BCUT2D eigenvalue weighted by atomic mass is 35.5. The summed E-state index contributed by atoms with van der Waals surface area (Å²) < 4.78 is 0. The molecule has 1 heterocycles. The number of hydrogen-bond acceptors (Lipinski definition) is 3. The smallest absolute Gasteiger partial charge is 0.303 e. The molecule has 0 aliphatic carbocycles. The van der Waals surface area contributed by atoms with Crippen molar-refractivity contribution in [1.29, 1.82) is 0 Å². The highest BCUT2D eigenvalue weighted by molar-refractivity contribution is 6.43. The zero-order chi connectivity index (χ0) is 17.9. The van der Waals surface area contributed by atoms with E-state index in [-0.39, 0.29) is 29.3 Å². The number of hydrogen-bond donors (Lipinski definition) is 1. The molecule has 0 spiro atoms. The minimum atomic E-state index is -0.811. The number of amides is 1. The van der Waals surface area contributed by atoms with Gasteiger partial charge >= 0.3 is 5.97 Å². The number of piperidine rings is 1. The maximum absolute atomic E-state index is 12.8. The van der Waals surface area contributed by atoms with Crippen LogP contribution in [0, 0.1) is 5.92 Å². The molecule has 1 aromatic carbocycles. The molecule has 2 atom stereocenters. The van der Waals surface area contributed by atoms with E-state index < -0.39 is 5.97 Å². The predicted molar refractivity (Wildman–Crippen MR) is 94.8 cm³/mol. The van der Waals surface area contributed by atoms with Crippen molar-refractivity contribution in [2.45, 2.75) is 25.3 Å². The number of aliphatic carboxylic acids is 1. The quantitative estimate of drug-likeness (QED) is 0.861. The Morgan fingerprint density at radius 3 is 2.67 bits per heavy atom. The number of carbonyl (C=O) groups excluding carboxylic acids is 1. The second-order valence-electron chi connectivity index (χ2n) is 6.36. The third-order valence-corrected chi connectivity index (χ3v) is 5.37. The van der Waals surface area contributed by atoms with Crippen LogP contribution >= 0.6 is 23.2 Å². The number of likely N-dealkylation sites (tertiary alicyclic amines) is 1. The summed E-state index contributed by atoms with van der Waals surface area (Å²) in [5.74, 6) is -0.847. The largest absolute Gasteiger partial charge is 0.481 e. The molecule has 0 saturated carbocycles. The molecule has 1 saturated heterocycles. The molecular weight excluding hydrogens is 351 g/mol. The lowest BCUT2D eigenvalue weighted by Crippen LogP contribution is -2.50. The van der Waals surface area contributed by atoms with Crippen LogP contribution in [-0.2, 0) is 4.79 Å². The van der Waals surface area contributed by atoms with E-state index in [9.17, 15) is 9.59 Å². The van der Waals surface area contributed by atoms with E-state index in [4.69, 9.17) is 28.3 Å². The first-order valence-electron chi connectivity index (χ1n) is 7.92. The number of carboxylic acids is 1. The fraction of sp³-hybridized carbons (Fsp3) is 0.529. The first-order valence-corrected chi connectivity index (χ1v) is 8.68. The van der Waals surface area contributed by atoms with Crippen LogP contribution in [0.2, 0.25) is 10.0 Å². The van der Waals surface area contributed by atoms with Gasteiger partial charge in [-0.25, -0.2) is 0 Å². The standard InChI is InChI=1S/C17H22Cl2N2O3/c1-20(2)14-8-9-21(10-11(14)6-7-15(22)23)17(24)12-4-3-5-13(18)16(12)19/h3-5,11,14H,6-10H2,1-2H3,(H,22,23). The first-order chi connectivity index (χ1) is 11.3. The van der Waals surface area contributed by atoms with Gasteiger partial charge in [0.1, 0.15) is 0 Å². The van der Waals surface area contributed by atoms with Gasteiger partial charge in [0.15, 0.2) is 0 Å². The van der Waals surface area contributed by atoms with E-state index in [1.165, 1.54) is 0 Å². The van der Waals surface area contributed by atoms with Crippen LogP contribution in [-0.4, -0.2) is 60.0 Å². The minimum absolute atomic E-state index is 0.106. The lowest BCUT2D eigenvalue weighted by molar-refractivity contribution is -0.137. The van der Waals surface area contributed by atoms with Crippen molar-refractivity contribution >= 4 is 35.1 Å². The molecule has 1 aromatic rings. The van der Waals surface area contributed by atoms with E-state index in [1.807, 2.05) is 14.1 Å². The normalized spacial score (nSPS) is 21.1. The zero-order valence-electron chi connectivity index (χ0n) is 13.8. The minimum Gasteiger partial charge on any atom is -0.481 e. The molecule has 1 N–H and O–H groups in total. The van der Waals surface area contributed by atoms with Crippen LogP contribution in [0.25, 0.3) is 0 Å². The Morgan fingerprint density at radius 1 is 1.33 bits per heavy atom. The van der Waals surface area contributed by atoms with Gasteiger partial charge in [0.25, 0.3) is 5.91 Å². The SMILES string of the molecule is CN(C)C1CCN(C(=O)c2cccc(Cl)c2Cl)CC1CCC(=O)O. The molecule has 1 amide bonds. The van der Waals surface area contributed by atoms with Crippen molar-refractivity contribution in [1.82, 2.24) is 9.80 Å². The molecule has 2 rings (SSSR count). The third kappa shape index (κ3) is 4.41. The summed E-state index contributed by atoms with van der Waals surface area (Å²) in [5, 5.41) is 9.58. The maximum atomic E-state index is 12.8. The number of nitrogens with zero attached hydrogens (tertiary/aromatic N) is 2. The van der Waals surface area contributed by atoms with Crippen LogP contribution in [0.15, 0.2) is 18.2 Å². The average molecular weight is 373 g/mol. The number of carboxylic acid groups (broad SMARTS) is 1. The Bertz CT molecular complexity index is 622. The third-order valence-electron chi connectivity index (χ3n) is 4.56. The Hall–Kier alpha value is -1.30. The zero-order valence-corrected chi connectivity index (χ0v) is 15.3. The topological polar surface area (TPSA) is 60.9 Å². The molecule has 24 heavy (non-hydrogen) atoms. The number of halogens is 2. The second kappa shape index (κ2) is 8.19. The summed E-state index contributed by atoms with van der Waals surface area (Å²) in [6.07, 6.45) is 1.46. The fourth-order valence-corrected chi connectivity index (χ4v) is 3.70. The van der Waals surface area contributed by atoms with Gasteiger partial charge < -0.3 is 14.9 Å². The lowest BCUT2D eigenvalue weighted by atomic mass is 9.87. The van der Waals surface area contributed by atoms with Gasteiger partial charge in [-0.3, -0.25) is 9.59 Å². The molecule has 1 aliphatic rings. The molecule has 1 fully saturated rings. The molecule has 132 valence electrons. The number of benzene rings is 1. The Kier molecular flexibility index (Phi) is 6.49. The maximum Gasteiger partial charge on any atom is 0.303 e. The highest BCUT2D eigenvalue weighted by Crippen LogP contribution is 2.30. The molecular formula is C17H22Cl2N2O3. The van der Waals surface area contributed by atoms with Gasteiger partial charge in [-0.1, -0.05) is 29.3 Å². The molecule has 0 radical (unpaired) electrons. The second-order valence-corrected chi connectivity index (χ2v) is 7.15. The van der Waals surface area contributed by atoms with Gasteiger partial charge in [-0.2, -0.15) is 0 Å². The molecule has 7 heteroatoms. The fourth-order valence-electron chi connectivity index (χ4n) is 3.32. The van der Waals surface area contributed by atoms with Gasteiger partial charge in [0.05, 0.1) is 15.6 Å². The Morgan fingerprint density at radius 2 is 2.04 bits per heavy atom. The summed E-state index contributed by atoms with van der Waals surface area (Å²) in [4.78, 5) is 27.6. The van der Waals surface area contributed by atoms with Crippen molar-refractivity contribution in [2.24, 2.45) is 5.92 Å². The van der Waals surface area contributed by atoms with E-state index in [2.05, 4.69) is 4.90 Å². The molecule has 0 bridgehead atoms. The summed E-state index contributed by atoms with van der Waals surface area (Å²) in [6.45, 7) is 1.14. The highest BCUT2D eigenvalue weighted by Gasteiger charge is 2.33. The van der Waals surface area contributed by atoms with E-state index >= 15 is 0 Å². The first kappa shape index (κ1) is 19.0.